The molecule has 0 atom stereocenters. The number of benzene rings is 1. The minimum Gasteiger partial charge on any atom is -0.310 e. The topological polar surface area (TPSA) is 64.7 Å². The highest BCUT2D eigenvalue weighted by molar-refractivity contribution is 6.30. The van der Waals surface area contributed by atoms with Crippen molar-refractivity contribution in [3.05, 3.63) is 58.0 Å². The molecule has 0 radical (unpaired) electrons. The number of hydrogen-bond acceptors (Lipinski definition) is 3. The van der Waals surface area contributed by atoms with E-state index in [-0.39, 0.29) is 12.3 Å². The van der Waals surface area contributed by atoms with Crippen LogP contribution in [0.1, 0.15) is 36.5 Å². The Labute approximate surface area is 170 Å². The van der Waals surface area contributed by atoms with Crippen LogP contribution in [0.25, 0.3) is 5.69 Å². The monoisotopic (exact) mass is 399 g/mol. The van der Waals surface area contributed by atoms with E-state index >= 15 is 0 Å². The number of carbonyl (C=O) groups is 1. The second-order valence-corrected chi connectivity index (χ2v) is 7.95. The molecule has 0 fully saturated rings. The van der Waals surface area contributed by atoms with Crippen molar-refractivity contribution in [3.63, 3.8) is 0 Å². The lowest BCUT2D eigenvalue weighted by Gasteiger charge is -2.10. The molecule has 2 heterocycles. The summed E-state index contributed by atoms with van der Waals surface area (Å²) in [7, 11) is 0. The number of hydrogen-bond donors (Lipinski definition) is 1. The van der Waals surface area contributed by atoms with Crippen LogP contribution in [0, 0.1) is 26.7 Å². The summed E-state index contributed by atoms with van der Waals surface area (Å²) in [6.07, 6.45) is 0.278. The van der Waals surface area contributed by atoms with Gasteiger partial charge in [0, 0.05) is 28.9 Å². The molecular formula is C21H26ClN5O. The van der Waals surface area contributed by atoms with E-state index in [4.69, 9.17) is 11.6 Å². The number of halogens is 1. The number of aryl methyl sites for hydroxylation is 2. The van der Waals surface area contributed by atoms with Crippen molar-refractivity contribution in [2.75, 3.05) is 5.32 Å². The van der Waals surface area contributed by atoms with Gasteiger partial charge in [-0.05, 0) is 51.0 Å². The van der Waals surface area contributed by atoms with Crippen molar-refractivity contribution >= 4 is 23.3 Å². The Hall–Kier alpha value is -2.60. The first kappa shape index (κ1) is 20.1. The Morgan fingerprint density at radius 1 is 1.14 bits per heavy atom. The minimum atomic E-state index is -0.0922. The van der Waals surface area contributed by atoms with E-state index in [9.17, 15) is 4.79 Å². The Morgan fingerprint density at radius 2 is 1.82 bits per heavy atom. The average Bonchev–Trinajstić information content (AvgIpc) is 3.09. The zero-order valence-corrected chi connectivity index (χ0v) is 17.7. The van der Waals surface area contributed by atoms with Gasteiger partial charge in [-0.25, -0.2) is 4.68 Å². The zero-order valence-electron chi connectivity index (χ0n) is 17.0. The lowest BCUT2D eigenvalue weighted by Crippen LogP contribution is -2.18. The maximum absolute atomic E-state index is 12.8. The summed E-state index contributed by atoms with van der Waals surface area (Å²) in [5.41, 5.74) is 4.58. The first-order valence-corrected chi connectivity index (χ1v) is 9.77. The van der Waals surface area contributed by atoms with E-state index in [0.29, 0.717) is 16.8 Å². The van der Waals surface area contributed by atoms with Crippen LogP contribution in [-0.2, 0) is 17.8 Å². The Kier molecular flexibility index (Phi) is 5.89. The Balaban J connectivity index is 1.80. The summed E-state index contributed by atoms with van der Waals surface area (Å²) in [4.78, 5) is 12.8. The normalized spacial score (nSPS) is 11.2. The number of nitrogens with zero attached hydrogens (tertiary/aromatic N) is 4. The molecule has 0 aliphatic carbocycles. The Bertz CT molecular complexity index is 985. The van der Waals surface area contributed by atoms with Gasteiger partial charge in [0.2, 0.25) is 5.91 Å². The number of aromatic nitrogens is 4. The standard InChI is InChI=1S/C21H26ClN5O/c1-13(2)12-26-16(5)19(15(4)25-26)11-21(28)23-20-10-14(3)24-27(20)18-8-6-17(22)7-9-18/h6-10,13H,11-12H2,1-5H3,(H,23,28). The number of rotatable bonds is 6. The molecule has 2 aromatic heterocycles. The van der Waals surface area contributed by atoms with Gasteiger partial charge in [0.15, 0.2) is 0 Å². The lowest BCUT2D eigenvalue weighted by atomic mass is 10.1. The van der Waals surface area contributed by atoms with Gasteiger partial charge >= 0.3 is 0 Å². The van der Waals surface area contributed by atoms with Crippen LogP contribution >= 0.6 is 11.6 Å². The van der Waals surface area contributed by atoms with E-state index in [2.05, 4.69) is 29.4 Å². The van der Waals surface area contributed by atoms with Gasteiger partial charge in [-0.2, -0.15) is 10.2 Å². The van der Waals surface area contributed by atoms with Crippen LogP contribution in [0.15, 0.2) is 30.3 Å². The van der Waals surface area contributed by atoms with E-state index < -0.39 is 0 Å². The van der Waals surface area contributed by atoms with Gasteiger partial charge in [-0.3, -0.25) is 9.48 Å². The van der Waals surface area contributed by atoms with Gasteiger partial charge in [0.25, 0.3) is 0 Å². The maximum Gasteiger partial charge on any atom is 0.230 e. The smallest absolute Gasteiger partial charge is 0.230 e. The summed E-state index contributed by atoms with van der Waals surface area (Å²) in [6.45, 7) is 11.0. The third-order valence-electron chi connectivity index (χ3n) is 4.58. The summed E-state index contributed by atoms with van der Waals surface area (Å²) in [5.74, 6) is 1.04. The summed E-state index contributed by atoms with van der Waals surface area (Å²) < 4.78 is 3.70. The fourth-order valence-electron chi connectivity index (χ4n) is 3.23. The van der Waals surface area contributed by atoms with Gasteiger partial charge < -0.3 is 5.32 Å². The highest BCUT2D eigenvalue weighted by Crippen LogP contribution is 2.20. The largest absolute Gasteiger partial charge is 0.310 e. The van der Waals surface area contributed by atoms with Crippen molar-refractivity contribution in [2.24, 2.45) is 5.92 Å². The quantitative estimate of drug-likeness (QED) is 0.664. The highest BCUT2D eigenvalue weighted by Gasteiger charge is 2.17. The summed E-state index contributed by atoms with van der Waals surface area (Å²) in [6, 6.07) is 9.20. The summed E-state index contributed by atoms with van der Waals surface area (Å²) in [5, 5.41) is 12.7. The van der Waals surface area contributed by atoms with Gasteiger partial charge in [-0.1, -0.05) is 25.4 Å². The second kappa shape index (κ2) is 8.19. The van der Waals surface area contributed by atoms with E-state index in [1.165, 1.54) is 0 Å². The molecule has 0 saturated carbocycles. The molecule has 7 heteroatoms. The van der Waals surface area contributed by atoms with Gasteiger partial charge in [-0.15, -0.1) is 0 Å². The molecule has 1 amide bonds. The fraction of sp³-hybridized carbons (Fsp3) is 0.381. The van der Waals surface area contributed by atoms with Crippen LogP contribution in [0.2, 0.25) is 5.02 Å². The van der Waals surface area contributed by atoms with Crippen LogP contribution in [0.5, 0.6) is 0 Å². The molecular weight excluding hydrogens is 374 g/mol. The Morgan fingerprint density at radius 3 is 2.46 bits per heavy atom. The average molecular weight is 400 g/mol. The highest BCUT2D eigenvalue weighted by atomic mass is 35.5. The molecule has 1 aromatic carbocycles. The number of carbonyl (C=O) groups excluding carboxylic acids is 1. The first-order chi connectivity index (χ1) is 13.2. The molecule has 3 rings (SSSR count). The molecule has 6 nitrogen and oxygen atoms in total. The predicted molar refractivity (Wildman–Crippen MR) is 112 cm³/mol. The van der Waals surface area contributed by atoms with Crippen molar-refractivity contribution in [2.45, 2.75) is 47.6 Å². The minimum absolute atomic E-state index is 0.0922. The van der Waals surface area contributed by atoms with Crippen LogP contribution in [0.4, 0.5) is 5.82 Å². The van der Waals surface area contributed by atoms with Crippen LogP contribution in [-0.4, -0.2) is 25.5 Å². The molecule has 0 aliphatic rings. The molecule has 0 saturated heterocycles. The zero-order chi connectivity index (χ0) is 20.4. The molecule has 0 spiro atoms. The second-order valence-electron chi connectivity index (χ2n) is 7.51. The lowest BCUT2D eigenvalue weighted by molar-refractivity contribution is -0.115. The van der Waals surface area contributed by atoms with Crippen LogP contribution < -0.4 is 5.32 Å². The SMILES string of the molecule is Cc1cc(NC(=O)Cc2c(C)nn(CC(C)C)c2C)n(-c2ccc(Cl)cc2)n1. The molecule has 3 aromatic rings. The van der Waals surface area contributed by atoms with Crippen LogP contribution in [0.3, 0.4) is 0 Å². The first-order valence-electron chi connectivity index (χ1n) is 9.40. The molecule has 148 valence electrons. The fourth-order valence-corrected chi connectivity index (χ4v) is 3.35. The number of nitrogens with one attached hydrogen (secondary N) is 1. The van der Waals surface area contributed by atoms with E-state index in [1.807, 2.05) is 43.7 Å². The van der Waals surface area contributed by atoms with Crippen molar-refractivity contribution < 1.29 is 4.79 Å². The third-order valence-corrected chi connectivity index (χ3v) is 4.83. The summed E-state index contributed by atoms with van der Waals surface area (Å²) >= 11 is 5.97. The van der Waals surface area contributed by atoms with E-state index in [1.54, 1.807) is 16.8 Å². The number of anilines is 1. The number of amides is 1. The molecule has 1 N–H and O–H groups in total. The molecule has 0 bridgehead atoms. The molecule has 28 heavy (non-hydrogen) atoms. The molecule has 0 unspecified atom stereocenters. The van der Waals surface area contributed by atoms with Gasteiger partial charge in [0.1, 0.15) is 5.82 Å². The van der Waals surface area contributed by atoms with Crippen molar-refractivity contribution in [1.29, 1.82) is 0 Å². The molecule has 0 aliphatic heterocycles. The van der Waals surface area contributed by atoms with Crippen molar-refractivity contribution in [3.8, 4) is 5.69 Å². The maximum atomic E-state index is 12.8. The van der Waals surface area contributed by atoms with Crippen molar-refractivity contribution in [1.82, 2.24) is 19.6 Å². The third kappa shape index (κ3) is 4.44. The predicted octanol–water partition coefficient (Wildman–Crippen LogP) is 4.48. The van der Waals surface area contributed by atoms with E-state index in [0.717, 1.165) is 34.9 Å². The van der Waals surface area contributed by atoms with Gasteiger partial charge in [0.05, 0.1) is 23.5 Å².